The predicted octanol–water partition coefficient (Wildman–Crippen LogP) is 2.64. The van der Waals surface area contributed by atoms with Gasteiger partial charge in [-0.1, -0.05) is 43.3 Å². The molecule has 156 valence electrons. The van der Waals surface area contributed by atoms with Crippen LogP contribution < -0.4 is 5.32 Å². The van der Waals surface area contributed by atoms with Crippen LogP contribution in [0.4, 0.5) is 0 Å². The van der Waals surface area contributed by atoms with Gasteiger partial charge in [0.05, 0.1) is 4.90 Å². The van der Waals surface area contributed by atoms with Crippen LogP contribution in [0.15, 0.2) is 53.4 Å². The Labute approximate surface area is 173 Å². The third-order valence-corrected chi connectivity index (χ3v) is 7.10. The minimum absolute atomic E-state index is 0.182. The van der Waals surface area contributed by atoms with Gasteiger partial charge in [0.25, 0.3) is 5.91 Å². The Morgan fingerprint density at radius 3 is 2.38 bits per heavy atom. The van der Waals surface area contributed by atoms with E-state index in [1.54, 1.807) is 12.1 Å². The second kappa shape index (κ2) is 9.52. The highest BCUT2D eigenvalue weighted by atomic mass is 32.2. The summed E-state index contributed by atoms with van der Waals surface area (Å²) < 4.78 is 27.8. The quantitative estimate of drug-likeness (QED) is 0.755. The second-order valence-corrected chi connectivity index (χ2v) is 9.34. The van der Waals surface area contributed by atoms with E-state index in [0.29, 0.717) is 38.3 Å². The van der Waals surface area contributed by atoms with Crippen LogP contribution in [0.25, 0.3) is 0 Å². The zero-order valence-electron chi connectivity index (χ0n) is 17.1. The summed E-state index contributed by atoms with van der Waals surface area (Å²) in [7, 11) is -3.62. The van der Waals surface area contributed by atoms with Crippen LogP contribution in [0.3, 0.4) is 0 Å². The molecule has 2 aromatic rings. The Kier molecular flexibility index (Phi) is 7.05. The summed E-state index contributed by atoms with van der Waals surface area (Å²) in [6, 6.07) is 15.0. The van der Waals surface area contributed by atoms with Crippen molar-refractivity contribution in [3.05, 3.63) is 65.2 Å². The Morgan fingerprint density at radius 2 is 1.72 bits per heavy atom. The molecule has 1 N–H and O–H groups in total. The van der Waals surface area contributed by atoms with Crippen LogP contribution in [0.2, 0.25) is 0 Å². The first-order valence-corrected chi connectivity index (χ1v) is 11.5. The number of amides is 1. The molecule has 1 aliphatic rings. The molecule has 0 aliphatic carbocycles. The van der Waals surface area contributed by atoms with E-state index in [9.17, 15) is 13.2 Å². The lowest BCUT2D eigenvalue weighted by Gasteiger charge is -2.34. The van der Waals surface area contributed by atoms with Crippen molar-refractivity contribution >= 4 is 15.9 Å². The lowest BCUT2D eigenvalue weighted by Crippen LogP contribution is -2.48. The lowest BCUT2D eigenvalue weighted by atomic mass is 10.1. The maximum atomic E-state index is 13.1. The van der Waals surface area contributed by atoms with Gasteiger partial charge in [0, 0.05) is 44.8 Å². The molecule has 1 fully saturated rings. The molecule has 0 spiro atoms. The van der Waals surface area contributed by atoms with Crippen LogP contribution in [0, 0.1) is 6.92 Å². The molecule has 3 rings (SSSR count). The van der Waals surface area contributed by atoms with Gasteiger partial charge in [0.1, 0.15) is 0 Å². The molecule has 29 heavy (non-hydrogen) atoms. The van der Waals surface area contributed by atoms with Crippen molar-refractivity contribution in [2.45, 2.75) is 31.7 Å². The van der Waals surface area contributed by atoms with Crippen molar-refractivity contribution in [3.63, 3.8) is 0 Å². The molecule has 1 saturated heterocycles. The highest BCUT2D eigenvalue weighted by molar-refractivity contribution is 7.89. The molecule has 1 amide bonds. The second-order valence-electron chi connectivity index (χ2n) is 7.40. The van der Waals surface area contributed by atoms with E-state index in [-0.39, 0.29) is 10.8 Å². The van der Waals surface area contributed by atoms with Crippen LogP contribution in [-0.2, 0) is 16.6 Å². The van der Waals surface area contributed by atoms with Gasteiger partial charge < -0.3 is 5.32 Å². The molecule has 7 heteroatoms. The third-order valence-electron chi connectivity index (χ3n) is 5.21. The number of carbonyl (C=O) groups excluding carboxylic acids is 1. The fourth-order valence-corrected chi connectivity index (χ4v) is 4.91. The summed E-state index contributed by atoms with van der Waals surface area (Å²) in [6.45, 7) is 7.44. The summed E-state index contributed by atoms with van der Waals surface area (Å²) >= 11 is 0. The number of piperazine rings is 1. The van der Waals surface area contributed by atoms with E-state index < -0.39 is 10.0 Å². The summed E-state index contributed by atoms with van der Waals surface area (Å²) in [4.78, 5) is 14.8. The van der Waals surface area contributed by atoms with Gasteiger partial charge in [0.2, 0.25) is 10.0 Å². The molecule has 6 nitrogen and oxygen atoms in total. The summed E-state index contributed by atoms with van der Waals surface area (Å²) in [5.41, 5.74) is 2.41. The average Bonchev–Trinajstić information content (AvgIpc) is 2.73. The molecule has 0 bridgehead atoms. The minimum Gasteiger partial charge on any atom is -0.352 e. The zero-order valence-corrected chi connectivity index (χ0v) is 17.9. The van der Waals surface area contributed by atoms with E-state index >= 15 is 0 Å². The first-order chi connectivity index (χ1) is 13.9. The highest BCUT2D eigenvalue weighted by Gasteiger charge is 2.29. The minimum atomic E-state index is -3.62. The summed E-state index contributed by atoms with van der Waals surface area (Å²) in [5.74, 6) is -0.228. The SMILES string of the molecule is CCCNC(=O)c1cc(S(=O)(=O)N2CCN(Cc3ccccc3)CC2)ccc1C. The van der Waals surface area contributed by atoms with Crippen LogP contribution in [0.5, 0.6) is 0 Å². The number of benzene rings is 2. The molecule has 1 heterocycles. The Hall–Kier alpha value is -2.22. The van der Waals surface area contributed by atoms with E-state index in [4.69, 9.17) is 0 Å². The highest BCUT2D eigenvalue weighted by Crippen LogP contribution is 2.21. The number of nitrogens with zero attached hydrogens (tertiary/aromatic N) is 2. The Balaban J connectivity index is 1.69. The predicted molar refractivity (Wildman–Crippen MR) is 114 cm³/mol. The first-order valence-electron chi connectivity index (χ1n) is 10.1. The molecule has 0 aromatic heterocycles. The molecule has 1 aliphatic heterocycles. The molecule has 0 radical (unpaired) electrons. The number of nitrogens with one attached hydrogen (secondary N) is 1. The number of hydrogen-bond acceptors (Lipinski definition) is 4. The fourth-order valence-electron chi connectivity index (χ4n) is 3.46. The van der Waals surface area contributed by atoms with E-state index in [1.807, 2.05) is 32.0 Å². The van der Waals surface area contributed by atoms with Crippen molar-refractivity contribution < 1.29 is 13.2 Å². The molecule has 0 atom stereocenters. The van der Waals surface area contributed by atoms with Crippen LogP contribution in [0.1, 0.15) is 34.8 Å². The van der Waals surface area contributed by atoms with E-state index in [2.05, 4.69) is 22.3 Å². The number of sulfonamides is 1. The monoisotopic (exact) mass is 415 g/mol. The topological polar surface area (TPSA) is 69.7 Å². The number of rotatable bonds is 7. The third kappa shape index (κ3) is 5.23. The molecule has 0 saturated carbocycles. The first kappa shape index (κ1) is 21.5. The largest absolute Gasteiger partial charge is 0.352 e. The number of aryl methyl sites for hydroxylation is 1. The maximum absolute atomic E-state index is 13.1. The molecular weight excluding hydrogens is 386 g/mol. The van der Waals surface area contributed by atoms with Crippen molar-refractivity contribution in [1.82, 2.24) is 14.5 Å². The van der Waals surface area contributed by atoms with Crippen molar-refractivity contribution in [3.8, 4) is 0 Å². The van der Waals surface area contributed by atoms with Crippen molar-refractivity contribution in [2.24, 2.45) is 0 Å². The normalized spacial score (nSPS) is 15.9. The molecule has 2 aromatic carbocycles. The van der Waals surface area contributed by atoms with Crippen molar-refractivity contribution in [2.75, 3.05) is 32.7 Å². The van der Waals surface area contributed by atoms with Gasteiger partial charge in [-0.3, -0.25) is 9.69 Å². The van der Waals surface area contributed by atoms with E-state index in [0.717, 1.165) is 18.5 Å². The van der Waals surface area contributed by atoms with Crippen LogP contribution in [-0.4, -0.2) is 56.3 Å². The summed E-state index contributed by atoms with van der Waals surface area (Å²) in [5, 5.41) is 2.82. The molecular formula is C22H29N3O3S. The van der Waals surface area contributed by atoms with Gasteiger partial charge in [-0.15, -0.1) is 0 Å². The zero-order chi connectivity index (χ0) is 20.9. The van der Waals surface area contributed by atoms with Crippen LogP contribution >= 0.6 is 0 Å². The number of hydrogen-bond donors (Lipinski definition) is 1. The van der Waals surface area contributed by atoms with Gasteiger partial charge >= 0.3 is 0 Å². The average molecular weight is 416 g/mol. The van der Waals surface area contributed by atoms with E-state index in [1.165, 1.54) is 15.9 Å². The lowest BCUT2D eigenvalue weighted by molar-refractivity contribution is 0.0953. The Bertz CT molecular complexity index is 937. The van der Waals surface area contributed by atoms with Gasteiger partial charge in [-0.05, 0) is 36.6 Å². The van der Waals surface area contributed by atoms with Gasteiger partial charge in [-0.25, -0.2) is 8.42 Å². The molecule has 0 unspecified atom stereocenters. The standard InChI is InChI=1S/C22H29N3O3S/c1-3-11-23-22(26)21-16-20(10-9-18(21)2)29(27,28)25-14-12-24(13-15-25)17-19-7-5-4-6-8-19/h4-10,16H,3,11-15,17H2,1-2H3,(H,23,26). The Morgan fingerprint density at radius 1 is 1.03 bits per heavy atom. The van der Waals surface area contributed by atoms with Crippen molar-refractivity contribution in [1.29, 1.82) is 0 Å². The van der Waals surface area contributed by atoms with Gasteiger partial charge in [0.15, 0.2) is 0 Å². The summed E-state index contributed by atoms with van der Waals surface area (Å²) in [6.07, 6.45) is 0.829. The smallest absolute Gasteiger partial charge is 0.251 e. The fraction of sp³-hybridized carbons (Fsp3) is 0.409. The van der Waals surface area contributed by atoms with Gasteiger partial charge in [-0.2, -0.15) is 4.31 Å². The maximum Gasteiger partial charge on any atom is 0.251 e. The number of carbonyl (C=O) groups is 1.